The number of nitrogens with one attached hydrogen (secondary N) is 1. The van der Waals surface area contributed by atoms with Crippen LogP contribution in [0.15, 0.2) is 60.8 Å². The lowest BCUT2D eigenvalue weighted by Gasteiger charge is -2.07. The van der Waals surface area contributed by atoms with Crippen LogP contribution in [0.1, 0.15) is 0 Å². The van der Waals surface area contributed by atoms with Gasteiger partial charge in [0.25, 0.3) is 0 Å². The normalized spacial score (nSPS) is 10.5. The number of hydrogen-bond donors (Lipinski definition) is 1. The summed E-state index contributed by atoms with van der Waals surface area (Å²) in [7, 11) is 1.92. The Morgan fingerprint density at radius 1 is 0.944 bits per heavy atom. The zero-order valence-electron chi connectivity index (χ0n) is 10.2. The Hall–Kier alpha value is -2.35. The van der Waals surface area contributed by atoms with Gasteiger partial charge < -0.3 is 5.32 Å². The van der Waals surface area contributed by atoms with E-state index in [2.05, 4.69) is 58.8 Å². The van der Waals surface area contributed by atoms with Crippen LogP contribution in [0, 0.1) is 0 Å². The van der Waals surface area contributed by atoms with Crippen molar-refractivity contribution in [3.8, 4) is 11.3 Å². The molecule has 0 fully saturated rings. The fraction of sp³-hybridized carbons (Fsp3) is 0.0625. The van der Waals surface area contributed by atoms with Crippen LogP contribution in [-0.2, 0) is 0 Å². The third kappa shape index (κ3) is 1.82. The van der Waals surface area contributed by atoms with E-state index in [0.29, 0.717) is 0 Å². The minimum absolute atomic E-state index is 0.999. The van der Waals surface area contributed by atoms with Crippen molar-refractivity contribution >= 4 is 16.5 Å². The zero-order chi connectivity index (χ0) is 12.4. The molecule has 0 unspecified atom stereocenters. The van der Waals surface area contributed by atoms with Gasteiger partial charge in [-0.15, -0.1) is 0 Å². The fourth-order valence-corrected chi connectivity index (χ4v) is 2.18. The molecule has 88 valence electrons. The van der Waals surface area contributed by atoms with Crippen molar-refractivity contribution in [2.45, 2.75) is 0 Å². The summed E-state index contributed by atoms with van der Waals surface area (Å²) in [5, 5.41) is 5.62. The van der Waals surface area contributed by atoms with Crippen LogP contribution >= 0.6 is 0 Å². The predicted molar refractivity (Wildman–Crippen MR) is 76.7 cm³/mol. The molecular formula is C16H14N2. The van der Waals surface area contributed by atoms with Gasteiger partial charge in [0.2, 0.25) is 0 Å². The Balaban J connectivity index is 2.24. The average Bonchev–Trinajstić information content (AvgIpc) is 2.47. The minimum atomic E-state index is 0.999. The molecule has 0 bridgehead atoms. The lowest BCUT2D eigenvalue weighted by atomic mass is 10.0. The van der Waals surface area contributed by atoms with Gasteiger partial charge in [0.1, 0.15) is 0 Å². The molecule has 0 saturated carbocycles. The summed E-state index contributed by atoms with van der Waals surface area (Å²) < 4.78 is 0. The average molecular weight is 234 g/mol. The second-order valence-corrected chi connectivity index (χ2v) is 4.21. The van der Waals surface area contributed by atoms with E-state index in [1.807, 2.05) is 19.3 Å². The lowest BCUT2D eigenvalue weighted by Crippen LogP contribution is -1.90. The number of nitrogens with zero attached hydrogens (tertiary/aromatic N) is 1. The topological polar surface area (TPSA) is 24.9 Å². The van der Waals surface area contributed by atoms with Gasteiger partial charge in [-0.25, -0.2) is 0 Å². The molecule has 0 amide bonds. The first-order chi connectivity index (χ1) is 8.88. The largest absolute Gasteiger partial charge is 0.388 e. The van der Waals surface area contributed by atoms with Crippen molar-refractivity contribution in [1.29, 1.82) is 0 Å². The number of fused-ring (bicyclic) bond motifs is 1. The molecular weight excluding hydrogens is 220 g/mol. The standard InChI is InChI=1S/C16H14N2/c1-17-13-9-10-18-16(11-13)15-8-4-6-12-5-2-3-7-14(12)15/h2-11H,1H3,(H,17,18). The number of hydrogen-bond acceptors (Lipinski definition) is 2. The number of pyridine rings is 1. The maximum absolute atomic E-state index is 4.47. The van der Waals surface area contributed by atoms with Gasteiger partial charge in [0, 0.05) is 24.5 Å². The van der Waals surface area contributed by atoms with E-state index in [-0.39, 0.29) is 0 Å². The quantitative estimate of drug-likeness (QED) is 0.726. The molecule has 0 spiro atoms. The molecule has 3 aromatic rings. The highest BCUT2D eigenvalue weighted by atomic mass is 14.8. The van der Waals surface area contributed by atoms with Crippen LogP contribution in [0.4, 0.5) is 5.69 Å². The zero-order valence-corrected chi connectivity index (χ0v) is 10.2. The highest BCUT2D eigenvalue weighted by molar-refractivity contribution is 5.96. The summed E-state index contributed by atoms with van der Waals surface area (Å²) in [6, 6.07) is 18.7. The highest BCUT2D eigenvalue weighted by Gasteiger charge is 2.04. The summed E-state index contributed by atoms with van der Waals surface area (Å²) in [5.41, 5.74) is 3.25. The fourth-order valence-electron chi connectivity index (χ4n) is 2.18. The summed E-state index contributed by atoms with van der Waals surface area (Å²) in [4.78, 5) is 4.47. The van der Waals surface area contributed by atoms with E-state index < -0.39 is 0 Å². The molecule has 18 heavy (non-hydrogen) atoms. The molecule has 2 aromatic carbocycles. The monoisotopic (exact) mass is 234 g/mol. The first kappa shape index (κ1) is 10.8. The smallest absolute Gasteiger partial charge is 0.0728 e. The number of aromatic nitrogens is 1. The Morgan fingerprint density at radius 2 is 1.78 bits per heavy atom. The highest BCUT2D eigenvalue weighted by Crippen LogP contribution is 2.28. The maximum Gasteiger partial charge on any atom is 0.0728 e. The molecule has 0 aliphatic carbocycles. The predicted octanol–water partition coefficient (Wildman–Crippen LogP) is 3.94. The molecule has 2 nitrogen and oxygen atoms in total. The Kier molecular flexibility index (Phi) is 2.69. The van der Waals surface area contributed by atoms with Crippen LogP contribution in [0.5, 0.6) is 0 Å². The summed E-state index contributed by atoms with van der Waals surface area (Å²) in [6.07, 6.45) is 1.84. The maximum atomic E-state index is 4.47. The second-order valence-electron chi connectivity index (χ2n) is 4.21. The lowest BCUT2D eigenvalue weighted by molar-refractivity contribution is 1.32. The van der Waals surface area contributed by atoms with E-state index in [0.717, 1.165) is 11.4 Å². The molecule has 0 radical (unpaired) electrons. The van der Waals surface area contributed by atoms with Crippen LogP contribution < -0.4 is 5.32 Å². The first-order valence-corrected chi connectivity index (χ1v) is 6.00. The molecule has 1 heterocycles. The number of benzene rings is 2. The molecule has 0 saturated heterocycles. The third-order valence-electron chi connectivity index (χ3n) is 3.11. The van der Waals surface area contributed by atoms with E-state index in [1.54, 1.807) is 0 Å². The van der Waals surface area contributed by atoms with E-state index in [9.17, 15) is 0 Å². The SMILES string of the molecule is CNc1ccnc(-c2cccc3ccccc23)c1. The van der Waals surface area contributed by atoms with Crippen molar-refractivity contribution in [3.05, 3.63) is 60.8 Å². The second kappa shape index (κ2) is 4.49. The van der Waals surface area contributed by atoms with Gasteiger partial charge in [-0.1, -0.05) is 42.5 Å². The van der Waals surface area contributed by atoms with Crippen molar-refractivity contribution in [2.75, 3.05) is 12.4 Å². The van der Waals surface area contributed by atoms with E-state index in [4.69, 9.17) is 0 Å². The number of anilines is 1. The molecule has 3 rings (SSSR count). The van der Waals surface area contributed by atoms with Gasteiger partial charge >= 0.3 is 0 Å². The first-order valence-electron chi connectivity index (χ1n) is 6.00. The van der Waals surface area contributed by atoms with Crippen LogP contribution in [0.2, 0.25) is 0 Å². The molecule has 2 heteroatoms. The number of rotatable bonds is 2. The van der Waals surface area contributed by atoms with Crippen LogP contribution in [-0.4, -0.2) is 12.0 Å². The van der Waals surface area contributed by atoms with Gasteiger partial charge in [-0.2, -0.15) is 0 Å². The van der Waals surface area contributed by atoms with E-state index >= 15 is 0 Å². The van der Waals surface area contributed by atoms with Gasteiger partial charge in [0.15, 0.2) is 0 Å². The summed E-state index contributed by atoms with van der Waals surface area (Å²) in [5.74, 6) is 0. The Labute approximate surface area is 106 Å². The Morgan fingerprint density at radius 3 is 2.67 bits per heavy atom. The molecule has 0 aliphatic heterocycles. The van der Waals surface area contributed by atoms with Crippen molar-refractivity contribution in [2.24, 2.45) is 0 Å². The van der Waals surface area contributed by atoms with Crippen molar-refractivity contribution in [3.63, 3.8) is 0 Å². The van der Waals surface area contributed by atoms with Gasteiger partial charge in [-0.05, 0) is 22.9 Å². The Bertz CT molecular complexity index is 684. The van der Waals surface area contributed by atoms with E-state index in [1.165, 1.54) is 16.3 Å². The third-order valence-corrected chi connectivity index (χ3v) is 3.11. The van der Waals surface area contributed by atoms with Gasteiger partial charge in [0.05, 0.1) is 5.69 Å². The van der Waals surface area contributed by atoms with Gasteiger partial charge in [-0.3, -0.25) is 4.98 Å². The molecule has 1 aromatic heterocycles. The van der Waals surface area contributed by atoms with Crippen molar-refractivity contribution < 1.29 is 0 Å². The van der Waals surface area contributed by atoms with Crippen LogP contribution in [0.25, 0.3) is 22.0 Å². The van der Waals surface area contributed by atoms with Crippen LogP contribution in [0.3, 0.4) is 0 Å². The molecule has 0 aliphatic rings. The molecule has 0 atom stereocenters. The summed E-state index contributed by atoms with van der Waals surface area (Å²) >= 11 is 0. The molecule has 1 N–H and O–H groups in total. The minimum Gasteiger partial charge on any atom is -0.388 e. The van der Waals surface area contributed by atoms with Crippen molar-refractivity contribution in [1.82, 2.24) is 4.98 Å². The summed E-state index contributed by atoms with van der Waals surface area (Å²) in [6.45, 7) is 0.